The van der Waals surface area contributed by atoms with Crippen LogP contribution >= 0.6 is 11.8 Å². The smallest absolute Gasteiger partial charge is 0.303 e. The van der Waals surface area contributed by atoms with Crippen molar-refractivity contribution in [1.82, 2.24) is 5.32 Å². The van der Waals surface area contributed by atoms with Gasteiger partial charge in [-0.3, -0.25) is 9.59 Å². The molecule has 0 aliphatic rings. The number of unbranched alkanes of at least 4 members (excludes halogenated alkanes) is 1. The first-order chi connectivity index (χ1) is 10.2. The van der Waals surface area contributed by atoms with Crippen LogP contribution in [0.3, 0.4) is 0 Å². The quantitative estimate of drug-likeness (QED) is 0.445. The highest BCUT2D eigenvalue weighted by atomic mass is 32.2. The number of carbonyl (C=O) groups is 2. The minimum Gasteiger partial charge on any atom is -0.481 e. The van der Waals surface area contributed by atoms with E-state index in [1.165, 1.54) is 0 Å². The third kappa shape index (κ3) is 17.2. The molecule has 0 aromatic heterocycles. The van der Waals surface area contributed by atoms with Crippen LogP contribution < -0.4 is 5.32 Å². The molecule has 0 radical (unpaired) electrons. The lowest BCUT2D eigenvalue weighted by Crippen LogP contribution is -2.29. The van der Waals surface area contributed by atoms with Crippen molar-refractivity contribution in [3.8, 4) is 0 Å². The summed E-state index contributed by atoms with van der Waals surface area (Å²) in [7, 11) is 0. The maximum atomic E-state index is 11.4. The second-order valence-electron chi connectivity index (χ2n) is 4.48. The van der Waals surface area contributed by atoms with Gasteiger partial charge in [-0.1, -0.05) is 13.3 Å². The van der Waals surface area contributed by atoms with E-state index in [2.05, 4.69) is 12.2 Å². The highest BCUT2D eigenvalue weighted by Gasteiger charge is 2.00. The number of thioether (sulfide) groups is 1. The SMILES string of the molecule is CCCCSCC(=O)NCCOCCOCCCC(=O)O. The van der Waals surface area contributed by atoms with Gasteiger partial charge >= 0.3 is 5.97 Å². The Morgan fingerprint density at radius 1 is 1.10 bits per heavy atom. The van der Waals surface area contributed by atoms with Gasteiger partial charge in [-0.15, -0.1) is 0 Å². The molecule has 0 rings (SSSR count). The van der Waals surface area contributed by atoms with Gasteiger partial charge in [0.15, 0.2) is 0 Å². The fourth-order valence-corrected chi connectivity index (χ4v) is 2.30. The molecule has 0 unspecified atom stereocenters. The Morgan fingerprint density at radius 3 is 2.48 bits per heavy atom. The number of amides is 1. The van der Waals surface area contributed by atoms with Crippen LogP contribution in [0.25, 0.3) is 0 Å². The van der Waals surface area contributed by atoms with E-state index >= 15 is 0 Å². The normalized spacial score (nSPS) is 10.5. The van der Waals surface area contributed by atoms with Gasteiger partial charge in [0.25, 0.3) is 0 Å². The summed E-state index contributed by atoms with van der Waals surface area (Å²) in [5, 5.41) is 11.2. The van der Waals surface area contributed by atoms with Gasteiger partial charge < -0.3 is 19.9 Å². The summed E-state index contributed by atoms with van der Waals surface area (Å²) in [4.78, 5) is 21.7. The highest BCUT2D eigenvalue weighted by molar-refractivity contribution is 7.99. The summed E-state index contributed by atoms with van der Waals surface area (Å²) >= 11 is 1.65. The zero-order valence-electron chi connectivity index (χ0n) is 12.8. The topological polar surface area (TPSA) is 84.9 Å². The lowest BCUT2D eigenvalue weighted by atomic mass is 10.3. The molecular weight excluding hydrogens is 294 g/mol. The predicted molar refractivity (Wildman–Crippen MR) is 83.8 cm³/mol. The van der Waals surface area contributed by atoms with Crippen LogP contribution in [0.1, 0.15) is 32.6 Å². The Bertz CT molecular complexity index is 276. The molecule has 2 N–H and O–H groups in total. The van der Waals surface area contributed by atoms with Crippen molar-refractivity contribution in [2.45, 2.75) is 32.6 Å². The van der Waals surface area contributed by atoms with E-state index in [1.807, 2.05) is 0 Å². The number of carboxylic acids is 1. The molecular formula is C14H27NO5S. The molecule has 1 amide bonds. The van der Waals surface area contributed by atoms with Gasteiger partial charge in [0.2, 0.25) is 5.91 Å². The average Bonchev–Trinajstić information content (AvgIpc) is 2.45. The minimum absolute atomic E-state index is 0.0459. The second-order valence-corrected chi connectivity index (χ2v) is 5.58. The number of carbonyl (C=O) groups excluding carboxylic acids is 1. The van der Waals surface area contributed by atoms with Crippen molar-refractivity contribution in [3.05, 3.63) is 0 Å². The molecule has 6 nitrogen and oxygen atoms in total. The van der Waals surface area contributed by atoms with E-state index < -0.39 is 5.97 Å². The summed E-state index contributed by atoms with van der Waals surface area (Å²) in [5.74, 6) is 0.773. The number of aliphatic carboxylic acids is 1. The van der Waals surface area contributed by atoms with Crippen LogP contribution in [0.4, 0.5) is 0 Å². The Kier molecular flexibility index (Phi) is 15.0. The molecule has 0 bridgehead atoms. The van der Waals surface area contributed by atoms with E-state index in [1.54, 1.807) is 11.8 Å². The number of rotatable bonds is 15. The predicted octanol–water partition coefficient (Wildman–Crippen LogP) is 1.53. The Morgan fingerprint density at radius 2 is 1.81 bits per heavy atom. The van der Waals surface area contributed by atoms with Crippen molar-refractivity contribution in [2.75, 3.05) is 44.5 Å². The number of hydrogen-bond donors (Lipinski definition) is 2. The molecule has 7 heteroatoms. The highest BCUT2D eigenvalue weighted by Crippen LogP contribution is 2.03. The lowest BCUT2D eigenvalue weighted by Gasteiger charge is -2.07. The third-order valence-corrected chi connectivity index (χ3v) is 3.54. The van der Waals surface area contributed by atoms with Crippen LogP contribution in [0.15, 0.2) is 0 Å². The van der Waals surface area contributed by atoms with Crippen molar-refractivity contribution in [3.63, 3.8) is 0 Å². The molecule has 0 saturated carbocycles. The Labute approximate surface area is 131 Å². The monoisotopic (exact) mass is 321 g/mol. The number of carboxylic acid groups (broad SMARTS) is 1. The zero-order valence-corrected chi connectivity index (χ0v) is 13.6. The third-order valence-electron chi connectivity index (χ3n) is 2.50. The van der Waals surface area contributed by atoms with Gasteiger partial charge in [0, 0.05) is 19.6 Å². The fraction of sp³-hybridized carbons (Fsp3) is 0.857. The van der Waals surface area contributed by atoms with Crippen LogP contribution in [0.5, 0.6) is 0 Å². The number of ether oxygens (including phenoxy) is 2. The van der Waals surface area contributed by atoms with Crippen molar-refractivity contribution in [2.24, 2.45) is 0 Å². The van der Waals surface area contributed by atoms with E-state index in [0.717, 1.165) is 18.6 Å². The maximum absolute atomic E-state index is 11.4. The van der Waals surface area contributed by atoms with Crippen LogP contribution in [0.2, 0.25) is 0 Å². The van der Waals surface area contributed by atoms with E-state index in [9.17, 15) is 9.59 Å². The molecule has 0 atom stereocenters. The summed E-state index contributed by atoms with van der Waals surface area (Å²) in [6.07, 6.45) is 2.94. The lowest BCUT2D eigenvalue weighted by molar-refractivity contribution is -0.137. The Hall–Kier alpha value is -0.790. The molecule has 0 saturated heterocycles. The molecule has 0 spiro atoms. The van der Waals surface area contributed by atoms with Crippen LogP contribution in [0, 0.1) is 0 Å². The van der Waals surface area contributed by atoms with E-state index in [-0.39, 0.29) is 12.3 Å². The summed E-state index contributed by atoms with van der Waals surface area (Å²) in [6.45, 7) is 4.43. The summed E-state index contributed by atoms with van der Waals surface area (Å²) in [5.41, 5.74) is 0. The summed E-state index contributed by atoms with van der Waals surface area (Å²) in [6, 6.07) is 0. The van der Waals surface area contributed by atoms with Crippen molar-refractivity contribution < 1.29 is 24.2 Å². The Balaban J connectivity index is 3.14. The van der Waals surface area contributed by atoms with Gasteiger partial charge in [0.05, 0.1) is 25.6 Å². The molecule has 0 fully saturated rings. The van der Waals surface area contributed by atoms with E-state index in [4.69, 9.17) is 14.6 Å². The largest absolute Gasteiger partial charge is 0.481 e. The average molecular weight is 321 g/mol. The molecule has 0 heterocycles. The zero-order chi connectivity index (χ0) is 15.8. The van der Waals surface area contributed by atoms with Crippen molar-refractivity contribution in [1.29, 1.82) is 0 Å². The second kappa shape index (κ2) is 15.6. The molecule has 0 aromatic carbocycles. The molecule has 21 heavy (non-hydrogen) atoms. The first kappa shape index (κ1) is 20.2. The van der Waals surface area contributed by atoms with Crippen LogP contribution in [-0.2, 0) is 19.1 Å². The first-order valence-corrected chi connectivity index (χ1v) is 8.54. The minimum atomic E-state index is -0.807. The fourth-order valence-electron chi connectivity index (χ4n) is 1.37. The number of hydrogen-bond acceptors (Lipinski definition) is 5. The maximum Gasteiger partial charge on any atom is 0.303 e. The van der Waals surface area contributed by atoms with Gasteiger partial charge in [-0.05, 0) is 18.6 Å². The van der Waals surface area contributed by atoms with Crippen LogP contribution in [-0.4, -0.2) is 61.5 Å². The van der Waals surface area contributed by atoms with Gasteiger partial charge in [0.1, 0.15) is 0 Å². The van der Waals surface area contributed by atoms with E-state index in [0.29, 0.717) is 45.1 Å². The standard InChI is InChI=1S/C14H27NO5S/c1-2-3-11-21-12-13(16)15-6-8-20-10-9-19-7-4-5-14(17)18/h2-12H2,1H3,(H,15,16)(H,17,18). The molecule has 0 aliphatic carbocycles. The van der Waals surface area contributed by atoms with Gasteiger partial charge in [-0.25, -0.2) is 0 Å². The first-order valence-electron chi connectivity index (χ1n) is 7.38. The summed E-state index contributed by atoms with van der Waals surface area (Å²) < 4.78 is 10.5. The molecule has 124 valence electrons. The van der Waals surface area contributed by atoms with Crippen molar-refractivity contribution >= 4 is 23.6 Å². The molecule has 0 aromatic rings. The number of nitrogens with one attached hydrogen (secondary N) is 1. The molecule has 0 aliphatic heterocycles. The van der Waals surface area contributed by atoms with Gasteiger partial charge in [-0.2, -0.15) is 11.8 Å².